The molecule has 0 aliphatic carbocycles. The minimum Gasteiger partial charge on any atom is -0.492 e. The van der Waals surface area contributed by atoms with Crippen molar-refractivity contribution in [2.45, 2.75) is 6.42 Å². The highest BCUT2D eigenvalue weighted by Crippen LogP contribution is 2.21. The van der Waals surface area contributed by atoms with Gasteiger partial charge in [-0.05, 0) is 12.1 Å². The molecule has 3 amide bonds. The Morgan fingerprint density at radius 3 is 2.65 bits per heavy atom. The molecule has 0 fully saturated rings. The van der Waals surface area contributed by atoms with Crippen molar-refractivity contribution in [2.75, 3.05) is 13.7 Å². The van der Waals surface area contributed by atoms with E-state index in [0.29, 0.717) is 0 Å². The first kappa shape index (κ1) is 15.4. The van der Waals surface area contributed by atoms with E-state index in [9.17, 15) is 18.8 Å². The van der Waals surface area contributed by atoms with Crippen molar-refractivity contribution >= 4 is 17.9 Å². The molecule has 0 aromatic heterocycles. The lowest BCUT2D eigenvalue weighted by Gasteiger charge is -2.09. The van der Waals surface area contributed by atoms with Crippen LogP contribution in [0.15, 0.2) is 18.2 Å². The fraction of sp³-hybridized carbons (Fsp3) is 0.250. The number of halogens is 1. The molecule has 1 aromatic rings. The Labute approximate surface area is 113 Å². The van der Waals surface area contributed by atoms with Gasteiger partial charge in [0.2, 0.25) is 5.91 Å². The maximum Gasteiger partial charge on any atom is 0.342 e. The number of rotatable bonds is 5. The number of nitrogens with one attached hydrogen (secondary N) is 2. The van der Waals surface area contributed by atoms with Crippen molar-refractivity contribution in [1.29, 1.82) is 0 Å². The van der Waals surface area contributed by atoms with Crippen molar-refractivity contribution in [3.8, 4) is 5.75 Å². The van der Waals surface area contributed by atoms with Gasteiger partial charge < -0.3 is 15.2 Å². The summed E-state index contributed by atoms with van der Waals surface area (Å²) in [5.74, 6) is -3.17. The largest absolute Gasteiger partial charge is 0.492 e. The van der Waals surface area contributed by atoms with E-state index in [4.69, 9.17) is 9.84 Å². The second-order valence-electron chi connectivity index (χ2n) is 3.64. The average molecular weight is 284 g/mol. The number of carboxylic acids is 1. The molecule has 0 atom stereocenters. The molecule has 0 heterocycles. The van der Waals surface area contributed by atoms with Gasteiger partial charge in [-0.1, -0.05) is 6.07 Å². The number of urea groups is 1. The SMILES string of the molecule is CNC(=O)NC(=O)CCOc1cccc(F)c1C(=O)O. The minimum absolute atomic E-state index is 0.176. The van der Waals surface area contributed by atoms with Gasteiger partial charge in [0, 0.05) is 7.05 Å². The summed E-state index contributed by atoms with van der Waals surface area (Å²) in [7, 11) is 1.35. The molecule has 0 aliphatic rings. The Kier molecular flexibility index (Phi) is 5.45. The van der Waals surface area contributed by atoms with Crippen LogP contribution in [-0.2, 0) is 4.79 Å². The van der Waals surface area contributed by atoms with Crippen LogP contribution < -0.4 is 15.4 Å². The topological polar surface area (TPSA) is 105 Å². The fourth-order valence-electron chi connectivity index (χ4n) is 1.34. The Balaban J connectivity index is 2.59. The van der Waals surface area contributed by atoms with E-state index in [1.807, 2.05) is 5.32 Å². The van der Waals surface area contributed by atoms with E-state index in [1.165, 1.54) is 19.2 Å². The van der Waals surface area contributed by atoms with Gasteiger partial charge in [-0.25, -0.2) is 14.0 Å². The van der Waals surface area contributed by atoms with Gasteiger partial charge in [-0.2, -0.15) is 0 Å². The molecule has 1 rings (SSSR count). The highest BCUT2D eigenvalue weighted by molar-refractivity contribution is 5.94. The molecule has 0 radical (unpaired) electrons. The van der Waals surface area contributed by atoms with Crippen molar-refractivity contribution in [3.05, 3.63) is 29.6 Å². The number of amides is 3. The van der Waals surface area contributed by atoms with Gasteiger partial charge in [-0.15, -0.1) is 0 Å². The predicted molar refractivity (Wildman–Crippen MR) is 66.1 cm³/mol. The summed E-state index contributed by atoms with van der Waals surface area (Å²) >= 11 is 0. The average Bonchev–Trinajstić information content (AvgIpc) is 2.38. The van der Waals surface area contributed by atoms with Crippen LogP contribution in [0.5, 0.6) is 5.75 Å². The van der Waals surface area contributed by atoms with Crippen LogP contribution in [0.3, 0.4) is 0 Å². The first-order valence-corrected chi connectivity index (χ1v) is 5.62. The van der Waals surface area contributed by atoms with Crippen LogP contribution in [0, 0.1) is 5.82 Å². The van der Waals surface area contributed by atoms with E-state index in [0.717, 1.165) is 6.07 Å². The molecule has 0 aliphatic heterocycles. The molecule has 3 N–H and O–H groups in total. The number of ether oxygens (including phenoxy) is 1. The highest BCUT2D eigenvalue weighted by Gasteiger charge is 2.17. The number of hydrogen-bond acceptors (Lipinski definition) is 4. The summed E-state index contributed by atoms with van der Waals surface area (Å²) < 4.78 is 18.4. The number of carbonyl (C=O) groups excluding carboxylic acids is 2. The molecule has 0 bridgehead atoms. The third kappa shape index (κ3) is 4.23. The zero-order chi connectivity index (χ0) is 15.1. The summed E-state index contributed by atoms with van der Waals surface area (Å²) in [4.78, 5) is 32.9. The molecule has 20 heavy (non-hydrogen) atoms. The molecule has 0 spiro atoms. The number of imide groups is 1. The maximum atomic E-state index is 13.3. The summed E-state index contributed by atoms with van der Waals surface area (Å²) in [6.45, 7) is -0.188. The first-order valence-electron chi connectivity index (χ1n) is 5.62. The smallest absolute Gasteiger partial charge is 0.342 e. The van der Waals surface area contributed by atoms with E-state index in [1.54, 1.807) is 0 Å². The van der Waals surface area contributed by atoms with Crippen LogP contribution in [0.1, 0.15) is 16.8 Å². The standard InChI is InChI=1S/C12H13FN2O5/c1-14-12(19)15-9(16)5-6-20-8-4-2-3-7(13)10(8)11(17)18/h2-4H,5-6H2,1H3,(H,17,18)(H2,14,15,16,19). The van der Waals surface area contributed by atoms with E-state index < -0.39 is 29.3 Å². The van der Waals surface area contributed by atoms with Crippen LogP contribution in [0.2, 0.25) is 0 Å². The minimum atomic E-state index is -1.46. The van der Waals surface area contributed by atoms with Crippen LogP contribution in [0.4, 0.5) is 9.18 Å². The molecule has 1 aromatic carbocycles. The zero-order valence-electron chi connectivity index (χ0n) is 10.6. The lowest BCUT2D eigenvalue weighted by Crippen LogP contribution is -2.37. The molecular weight excluding hydrogens is 271 g/mol. The van der Waals surface area contributed by atoms with Crippen LogP contribution >= 0.6 is 0 Å². The van der Waals surface area contributed by atoms with E-state index in [-0.39, 0.29) is 18.8 Å². The normalized spacial score (nSPS) is 9.70. The maximum absolute atomic E-state index is 13.3. The summed E-state index contributed by atoms with van der Waals surface area (Å²) in [6, 6.07) is 2.91. The second kappa shape index (κ2) is 7.07. The van der Waals surface area contributed by atoms with Gasteiger partial charge in [0.15, 0.2) is 0 Å². The molecule has 8 heteroatoms. The second-order valence-corrected chi connectivity index (χ2v) is 3.64. The van der Waals surface area contributed by atoms with Gasteiger partial charge in [0.25, 0.3) is 0 Å². The Morgan fingerprint density at radius 2 is 2.05 bits per heavy atom. The number of hydrogen-bond donors (Lipinski definition) is 3. The quantitative estimate of drug-likeness (QED) is 0.740. The third-order valence-corrected chi connectivity index (χ3v) is 2.26. The third-order valence-electron chi connectivity index (χ3n) is 2.26. The lowest BCUT2D eigenvalue weighted by molar-refractivity contribution is -0.120. The van der Waals surface area contributed by atoms with Gasteiger partial charge in [-0.3, -0.25) is 10.1 Å². The molecule has 7 nitrogen and oxygen atoms in total. The first-order chi connectivity index (χ1) is 9.45. The summed E-state index contributed by atoms with van der Waals surface area (Å²) in [6.07, 6.45) is -0.178. The van der Waals surface area contributed by atoms with E-state index >= 15 is 0 Å². The van der Waals surface area contributed by atoms with Crippen molar-refractivity contribution in [1.82, 2.24) is 10.6 Å². The van der Waals surface area contributed by atoms with Crippen molar-refractivity contribution in [3.63, 3.8) is 0 Å². The Bertz CT molecular complexity index is 533. The van der Waals surface area contributed by atoms with Crippen LogP contribution in [0.25, 0.3) is 0 Å². The summed E-state index contributed by atoms with van der Waals surface area (Å²) in [5.41, 5.74) is -0.598. The fourth-order valence-corrected chi connectivity index (χ4v) is 1.34. The van der Waals surface area contributed by atoms with Crippen molar-refractivity contribution in [2.24, 2.45) is 0 Å². The number of aromatic carboxylic acids is 1. The van der Waals surface area contributed by atoms with Crippen LogP contribution in [-0.4, -0.2) is 36.7 Å². The summed E-state index contributed by atoms with van der Waals surface area (Å²) in [5, 5.41) is 13.1. The lowest BCUT2D eigenvalue weighted by atomic mass is 10.2. The van der Waals surface area contributed by atoms with Gasteiger partial charge in [0.1, 0.15) is 17.1 Å². The predicted octanol–water partition coefficient (Wildman–Crippen LogP) is 0.748. The highest BCUT2D eigenvalue weighted by atomic mass is 19.1. The molecule has 0 unspecified atom stereocenters. The number of carbonyl (C=O) groups is 3. The van der Waals surface area contributed by atoms with E-state index in [2.05, 4.69) is 5.32 Å². The Hall–Kier alpha value is -2.64. The Morgan fingerprint density at radius 1 is 1.35 bits per heavy atom. The molecule has 0 saturated heterocycles. The zero-order valence-corrected chi connectivity index (χ0v) is 10.6. The monoisotopic (exact) mass is 284 g/mol. The molecule has 108 valence electrons. The van der Waals surface area contributed by atoms with Gasteiger partial charge >= 0.3 is 12.0 Å². The number of benzene rings is 1. The number of carboxylic acid groups (broad SMARTS) is 1. The molecule has 0 saturated carbocycles. The molecular formula is C12H13FN2O5. The van der Waals surface area contributed by atoms with Crippen molar-refractivity contribution < 1.29 is 28.6 Å². The van der Waals surface area contributed by atoms with Gasteiger partial charge in [0.05, 0.1) is 13.0 Å².